The highest BCUT2D eigenvalue weighted by Crippen LogP contribution is 2.43. The number of cyclic esters (lactones) is 2. The molecule has 0 aliphatic carbocycles. The smallest absolute Gasteiger partial charge is 0.348 e. The zero-order valence-electron chi connectivity index (χ0n) is 28.0. The number of hydrogen-bond acceptors (Lipinski definition) is 11. The molecule has 0 spiro atoms. The molecule has 4 aromatic carbocycles. The summed E-state index contributed by atoms with van der Waals surface area (Å²) in [6.07, 6.45) is 0. The van der Waals surface area contributed by atoms with Crippen molar-refractivity contribution in [2.75, 3.05) is 35.5 Å². The largest absolute Gasteiger partial charge is 0.497 e. The lowest BCUT2D eigenvalue weighted by molar-refractivity contribution is -0.135. The maximum absolute atomic E-state index is 13.7. The van der Waals surface area contributed by atoms with Crippen LogP contribution in [0.5, 0.6) is 11.5 Å². The molecule has 2 aliphatic heterocycles. The molecular formula is C39H30O12. The van der Waals surface area contributed by atoms with Gasteiger partial charge in [0.1, 0.15) is 33.8 Å². The number of fused-ring (bicyclic) bond motifs is 1. The van der Waals surface area contributed by atoms with Gasteiger partial charge in [-0.2, -0.15) is 0 Å². The van der Waals surface area contributed by atoms with Crippen molar-refractivity contribution in [3.8, 4) is 11.5 Å². The van der Waals surface area contributed by atoms with Crippen LogP contribution in [0.15, 0.2) is 108 Å². The van der Waals surface area contributed by atoms with E-state index in [0.29, 0.717) is 39.0 Å². The Kier molecular flexibility index (Phi) is 9.32. The van der Waals surface area contributed by atoms with Crippen molar-refractivity contribution < 1.29 is 57.4 Å². The second-order valence-electron chi connectivity index (χ2n) is 11.0. The standard InChI is InChI=1S/C39H30O12/c1-45-24-15-11-21(12-16-24)28(36(40)41)34-32(47-3)30(38(43)50-34)23-10-9-20-7-6-8-26(27(20)19-23)31-33(48-4)35(51-39(31)44)29(37(42)49-5)22-13-17-25(46-2)18-14-22/h6-19H,1-5H3,(H,40,41)/b34-28+,35-29+. The van der Waals surface area contributed by atoms with Crippen molar-refractivity contribution in [2.24, 2.45) is 0 Å². The molecule has 4 aromatic rings. The van der Waals surface area contributed by atoms with Crippen LogP contribution in [-0.4, -0.2) is 64.5 Å². The van der Waals surface area contributed by atoms with Gasteiger partial charge in [0.2, 0.25) is 0 Å². The lowest BCUT2D eigenvalue weighted by Gasteiger charge is -2.12. The van der Waals surface area contributed by atoms with Gasteiger partial charge in [-0.3, -0.25) is 0 Å². The van der Waals surface area contributed by atoms with E-state index in [1.165, 1.54) is 47.7 Å². The summed E-state index contributed by atoms with van der Waals surface area (Å²) in [6, 6.07) is 23.0. The molecular weight excluding hydrogens is 660 g/mol. The highest BCUT2D eigenvalue weighted by molar-refractivity contribution is 6.28. The molecule has 0 aromatic heterocycles. The van der Waals surface area contributed by atoms with Crippen molar-refractivity contribution in [1.82, 2.24) is 0 Å². The Labute approximate surface area is 291 Å². The van der Waals surface area contributed by atoms with Crippen LogP contribution in [0, 0.1) is 0 Å². The summed E-state index contributed by atoms with van der Waals surface area (Å²) in [5, 5.41) is 11.4. The first kappa shape index (κ1) is 34.1. The minimum absolute atomic E-state index is 0.0120. The third-order valence-electron chi connectivity index (χ3n) is 8.33. The number of carboxylic acid groups (broad SMARTS) is 1. The minimum Gasteiger partial charge on any atom is -0.497 e. The summed E-state index contributed by atoms with van der Waals surface area (Å²) in [7, 11) is 6.85. The molecule has 0 radical (unpaired) electrons. The molecule has 2 heterocycles. The van der Waals surface area contributed by atoms with Crippen molar-refractivity contribution in [1.29, 1.82) is 0 Å². The van der Waals surface area contributed by atoms with Gasteiger partial charge in [-0.1, -0.05) is 54.6 Å². The highest BCUT2D eigenvalue weighted by Gasteiger charge is 2.39. The Morgan fingerprint density at radius 2 is 1.14 bits per heavy atom. The Morgan fingerprint density at radius 3 is 1.67 bits per heavy atom. The summed E-state index contributed by atoms with van der Waals surface area (Å²) < 4.78 is 38.1. The van der Waals surface area contributed by atoms with E-state index in [-0.39, 0.29) is 50.9 Å². The van der Waals surface area contributed by atoms with E-state index in [9.17, 15) is 24.3 Å². The maximum atomic E-state index is 13.7. The van der Waals surface area contributed by atoms with Crippen LogP contribution >= 0.6 is 0 Å². The van der Waals surface area contributed by atoms with Crippen molar-refractivity contribution in [3.05, 3.63) is 130 Å². The molecule has 0 unspecified atom stereocenters. The molecule has 2 aliphatic rings. The normalized spacial score (nSPS) is 16.1. The first-order chi connectivity index (χ1) is 24.6. The quantitative estimate of drug-likeness (QED) is 0.122. The number of carbonyl (C=O) groups is 4. The molecule has 6 rings (SSSR count). The fourth-order valence-electron chi connectivity index (χ4n) is 5.95. The monoisotopic (exact) mass is 690 g/mol. The molecule has 0 saturated carbocycles. The molecule has 51 heavy (non-hydrogen) atoms. The van der Waals surface area contributed by atoms with E-state index in [2.05, 4.69) is 0 Å². The first-order valence-electron chi connectivity index (χ1n) is 15.3. The van der Waals surface area contributed by atoms with Gasteiger partial charge in [-0.25, -0.2) is 19.2 Å². The number of carbonyl (C=O) groups excluding carboxylic acids is 3. The van der Waals surface area contributed by atoms with Crippen LogP contribution in [-0.2, 0) is 42.9 Å². The summed E-state index contributed by atoms with van der Waals surface area (Å²) >= 11 is 0. The Balaban J connectivity index is 1.55. The van der Waals surface area contributed by atoms with Crippen LogP contribution in [0.25, 0.3) is 33.1 Å². The van der Waals surface area contributed by atoms with Gasteiger partial charge in [-0.15, -0.1) is 0 Å². The van der Waals surface area contributed by atoms with Crippen molar-refractivity contribution in [2.45, 2.75) is 0 Å². The summed E-state index contributed by atoms with van der Waals surface area (Å²) in [6.45, 7) is 0. The highest BCUT2D eigenvalue weighted by atomic mass is 16.6. The van der Waals surface area contributed by atoms with Gasteiger partial charge in [0.25, 0.3) is 0 Å². The third kappa shape index (κ3) is 6.03. The van der Waals surface area contributed by atoms with Gasteiger partial charge in [0.15, 0.2) is 23.0 Å². The number of methoxy groups -OCH3 is 5. The zero-order chi connectivity index (χ0) is 36.4. The van der Waals surface area contributed by atoms with Crippen LogP contribution < -0.4 is 9.47 Å². The predicted octanol–water partition coefficient (Wildman–Crippen LogP) is 5.77. The molecule has 0 saturated heterocycles. The Bertz CT molecular complexity index is 2240. The van der Waals surface area contributed by atoms with Crippen LogP contribution in [0.1, 0.15) is 22.3 Å². The molecule has 12 nitrogen and oxygen atoms in total. The van der Waals surface area contributed by atoms with Crippen molar-refractivity contribution >= 4 is 56.9 Å². The fraction of sp³-hybridized carbons (Fsp3) is 0.128. The molecule has 1 N–H and O–H groups in total. The zero-order valence-corrected chi connectivity index (χ0v) is 28.0. The molecule has 0 atom stereocenters. The van der Waals surface area contributed by atoms with Crippen LogP contribution in [0.4, 0.5) is 0 Å². The average molecular weight is 691 g/mol. The third-order valence-corrected chi connectivity index (χ3v) is 8.33. The maximum Gasteiger partial charge on any atom is 0.348 e. The van der Waals surface area contributed by atoms with E-state index in [0.717, 1.165) is 0 Å². The lowest BCUT2D eigenvalue weighted by atomic mass is 9.93. The summed E-state index contributed by atoms with van der Waals surface area (Å²) in [5.41, 5.74) is 0.993. The molecule has 0 bridgehead atoms. The first-order valence-corrected chi connectivity index (χ1v) is 15.3. The number of carboxylic acids is 1. The minimum atomic E-state index is -1.34. The second-order valence-corrected chi connectivity index (χ2v) is 11.0. The van der Waals surface area contributed by atoms with Crippen LogP contribution in [0.2, 0.25) is 0 Å². The Hall–Kier alpha value is -6.82. The molecule has 0 amide bonds. The van der Waals surface area contributed by atoms with E-state index >= 15 is 0 Å². The molecule has 258 valence electrons. The van der Waals surface area contributed by atoms with Gasteiger partial charge >= 0.3 is 23.9 Å². The fourth-order valence-corrected chi connectivity index (χ4v) is 5.95. The van der Waals surface area contributed by atoms with Gasteiger partial charge in [0, 0.05) is 5.56 Å². The van der Waals surface area contributed by atoms with E-state index in [4.69, 9.17) is 33.2 Å². The summed E-state index contributed by atoms with van der Waals surface area (Å²) in [4.78, 5) is 52.7. The van der Waals surface area contributed by atoms with E-state index in [1.807, 2.05) is 0 Å². The average Bonchev–Trinajstić information content (AvgIpc) is 3.65. The van der Waals surface area contributed by atoms with E-state index < -0.39 is 23.9 Å². The number of esters is 3. The number of benzene rings is 4. The number of ether oxygens (including phenoxy) is 7. The topological polar surface area (TPSA) is 153 Å². The number of aliphatic carboxylic acids is 1. The summed E-state index contributed by atoms with van der Waals surface area (Å²) in [5.74, 6) is -3.19. The predicted molar refractivity (Wildman–Crippen MR) is 183 cm³/mol. The van der Waals surface area contributed by atoms with Crippen molar-refractivity contribution in [3.63, 3.8) is 0 Å². The second kappa shape index (κ2) is 14.0. The van der Waals surface area contributed by atoms with Crippen LogP contribution in [0.3, 0.4) is 0 Å². The van der Waals surface area contributed by atoms with Gasteiger partial charge in [-0.05, 0) is 57.8 Å². The molecule has 0 fully saturated rings. The van der Waals surface area contributed by atoms with Gasteiger partial charge < -0.3 is 38.3 Å². The Morgan fingerprint density at radius 1 is 0.608 bits per heavy atom. The van der Waals surface area contributed by atoms with Gasteiger partial charge in [0.05, 0.1) is 35.5 Å². The SMILES string of the molecule is COC(=O)/C(=C1/OC(=O)C(c2cccc3ccc(C4=C(OC)/C(=C(\C(=O)O)c5ccc(OC)cc5)OC4=O)cc23)=C1OC)c1ccc(OC)cc1. The molecule has 12 heteroatoms. The lowest BCUT2D eigenvalue weighted by Crippen LogP contribution is -2.09. The number of hydrogen-bond donors (Lipinski definition) is 1. The van der Waals surface area contributed by atoms with E-state index in [1.54, 1.807) is 72.8 Å². The number of rotatable bonds is 10.